The zero-order valence-electron chi connectivity index (χ0n) is 9.95. The molecule has 1 rings (SSSR count). The van der Waals surface area contributed by atoms with Gasteiger partial charge in [0.2, 0.25) is 0 Å². The lowest BCUT2D eigenvalue weighted by Crippen LogP contribution is -2.31. The van der Waals surface area contributed by atoms with Crippen LogP contribution in [-0.2, 0) is 0 Å². The fourth-order valence-electron chi connectivity index (χ4n) is 1.28. The van der Waals surface area contributed by atoms with E-state index in [0.29, 0.717) is 0 Å². The van der Waals surface area contributed by atoms with Gasteiger partial charge in [0.15, 0.2) is 0 Å². The van der Waals surface area contributed by atoms with E-state index in [1.807, 2.05) is 5.43 Å². The zero-order chi connectivity index (χ0) is 13.8. The van der Waals surface area contributed by atoms with E-state index in [1.54, 1.807) is 18.2 Å². The van der Waals surface area contributed by atoms with Crippen LogP contribution in [0.15, 0.2) is 35.4 Å². The molecule has 0 aromatic heterocycles. The number of carbonyl (C=O) groups is 1. The first kappa shape index (κ1) is 14.2. The first-order chi connectivity index (χ1) is 8.32. The molecule has 0 aliphatic carbocycles. The molecular weight excluding hydrogens is 245 g/mol. The highest BCUT2D eigenvalue weighted by Gasteiger charge is 2.37. The molecule has 18 heavy (non-hydrogen) atoms. The Morgan fingerprint density at radius 3 is 2.22 bits per heavy atom. The van der Waals surface area contributed by atoms with Crippen LogP contribution in [0.5, 0.6) is 0 Å². The van der Waals surface area contributed by atoms with Crippen molar-refractivity contribution < 1.29 is 18.0 Å². The molecule has 1 aromatic rings. The van der Waals surface area contributed by atoms with Crippen LogP contribution < -0.4 is 5.43 Å². The van der Waals surface area contributed by atoms with Crippen molar-refractivity contribution in [2.75, 3.05) is 0 Å². The lowest BCUT2D eigenvalue weighted by Gasteiger charge is -2.13. The summed E-state index contributed by atoms with van der Waals surface area (Å²) in [5, 5.41) is 3.16. The smallest absolute Gasteiger partial charge is 0.267 e. The molecule has 1 N–H and O–H groups in total. The Balaban J connectivity index is 2.82. The standard InChI is InChI=1S/C12H13F3N2O/c1-8(2)10(12(13,14)15)16-17-11(18)9-6-4-3-5-7-9/h3-8H,1-2H3,(H,17,18). The van der Waals surface area contributed by atoms with E-state index >= 15 is 0 Å². The molecule has 0 heterocycles. The Bertz CT molecular complexity index is 438. The SMILES string of the molecule is CC(C)C(=NNC(=O)c1ccccc1)C(F)(F)F. The zero-order valence-corrected chi connectivity index (χ0v) is 9.95. The first-order valence-electron chi connectivity index (χ1n) is 5.32. The van der Waals surface area contributed by atoms with Gasteiger partial charge >= 0.3 is 6.18 Å². The third-order valence-corrected chi connectivity index (χ3v) is 2.15. The number of alkyl halides is 3. The Morgan fingerprint density at radius 1 is 1.22 bits per heavy atom. The molecule has 0 aliphatic rings. The van der Waals surface area contributed by atoms with Gasteiger partial charge in [-0.05, 0) is 12.1 Å². The molecule has 98 valence electrons. The summed E-state index contributed by atoms with van der Waals surface area (Å²) in [6.07, 6.45) is -4.54. The molecule has 0 saturated carbocycles. The molecule has 0 aliphatic heterocycles. The number of halogens is 3. The number of carbonyl (C=O) groups excluding carboxylic acids is 1. The summed E-state index contributed by atoms with van der Waals surface area (Å²) in [6.45, 7) is 2.72. The summed E-state index contributed by atoms with van der Waals surface area (Å²) >= 11 is 0. The predicted molar refractivity (Wildman–Crippen MR) is 62.2 cm³/mol. The number of amides is 1. The van der Waals surface area contributed by atoms with E-state index < -0.39 is 23.7 Å². The highest BCUT2D eigenvalue weighted by Crippen LogP contribution is 2.21. The van der Waals surface area contributed by atoms with Gasteiger partial charge in [0.05, 0.1) is 0 Å². The number of hydrazone groups is 1. The molecular formula is C12H13F3N2O. The van der Waals surface area contributed by atoms with Gasteiger partial charge < -0.3 is 0 Å². The highest BCUT2D eigenvalue weighted by molar-refractivity contribution is 5.96. The van der Waals surface area contributed by atoms with Gasteiger partial charge in [-0.15, -0.1) is 0 Å². The van der Waals surface area contributed by atoms with Crippen molar-refractivity contribution in [2.45, 2.75) is 20.0 Å². The fraction of sp³-hybridized carbons (Fsp3) is 0.333. The molecule has 0 radical (unpaired) electrons. The molecule has 1 amide bonds. The third kappa shape index (κ3) is 3.87. The molecule has 6 heteroatoms. The van der Waals surface area contributed by atoms with Gasteiger partial charge in [0, 0.05) is 11.5 Å². The van der Waals surface area contributed by atoms with Crippen molar-refractivity contribution in [2.24, 2.45) is 11.0 Å². The Morgan fingerprint density at radius 2 is 1.78 bits per heavy atom. The minimum atomic E-state index is -4.54. The summed E-state index contributed by atoms with van der Waals surface area (Å²) < 4.78 is 37.6. The summed E-state index contributed by atoms with van der Waals surface area (Å²) in [5.41, 5.74) is 1.16. The number of hydrogen-bond acceptors (Lipinski definition) is 2. The van der Waals surface area contributed by atoms with E-state index in [9.17, 15) is 18.0 Å². The average Bonchev–Trinajstić information content (AvgIpc) is 2.28. The van der Waals surface area contributed by atoms with Crippen LogP contribution in [0.25, 0.3) is 0 Å². The monoisotopic (exact) mass is 258 g/mol. The van der Waals surface area contributed by atoms with Crippen molar-refractivity contribution in [3.8, 4) is 0 Å². The second-order valence-electron chi connectivity index (χ2n) is 3.96. The largest absolute Gasteiger partial charge is 0.431 e. The minimum Gasteiger partial charge on any atom is -0.267 e. The Kier molecular flexibility index (Phi) is 4.47. The maximum Gasteiger partial charge on any atom is 0.431 e. The normalized spacial score (nSPS) is 12.7. The van der Waals surface area contributed by atoms with Gasteiger partial charge in [0.1, 0.15) is 5.71 Å². The third-order valence-electron chi connectivity index (χ3n) is 2.15. The molecule has 0 fully saturated rings. The number of benzene rings is 1. The van der Waals surface area contributed by atoms with E-state index in [1.165, 1.54) is 26.0 Å². The Hall–Kier alpha value is -1.85. The quantitative estimate of drug-likeness (QED) is 0.657. The van der Waals surface area contributed by atoms with Gasteiger partial charge in [-0.25, -0.2) is 5.43 Å². The molecule has 1 aromatic carbocycles. The highest BCUT2D eigenvalue weighted by atomic mass is 19.4. The van der Waals surface area contributed by atoms with E-state index in [2.05, 4.69) is 5.10 Å². The molecule has 0 saturated heterocycles. The lowest BCUT2D eigenvalue weighted by molar-refractivity contribution is -0.0626. The van der Waals surface area contributed by atoms with Crippen molar-refractivity contribution in [3.05, 3.63) is 35.9 Å². The van der Waals surface area contributed by atoms with Gasteiger partial charge in [-0.2, -0.15) is 18.3 Å². The Labute approximate surface area is 103 Å². The number of rotatable bonds is 3. The average molecular weight is 258 g/mol. The summed E-state index contributed by atoms with van der Waals surface area (Å²) in [4.78, 5) is 11.5. The van der Waals surface area contributed by atoms with Crippen LogP contribution in [0.4, 0.5) is 13.2 Å². The molecule has 0 atom stereocenters. The molecule has 0 spiro atoms. The summed E-state index contributed by atoms with van der Waals surface area (Å²) in [6, 6.07) is 7.92. The van der Waals surface area contributed by atoms with Crippen LogP contribution in [-0.4, -0.2) is 17.8 Å². The summed E-state index contributed by atoms with van der Waals surface area (Å²) in [7, 11) is 0. The van der Waals surface area contributed by atoms with Gasteiger partial charge in [-0.1, -0.05) is 32.0 Å². The van der Waals surface area contributed by atoms with Gasteiger partial charge in [-0.3, -0.25) is 4.79 Å². The van der Waals surface area contributed by atoms with Gasteiger partial charge in [0.25, 0.3) is 5.91 Å². The topological polar surface area (TPSA) is 41.5 Å². The van der Waals surface area contributed by atoms with Crippen molar-refractivity contribution in [1.82, 2.24) is 5.43 Å². The maximum absolute atomic E-state index is 12.5. The second-order valence-corrected chi connectivity index (χ2v) is 3.96. The predicted octanol–water partition coefficient (Wildman–Crippen LogP) is 2.99. The fourth-order valence-corrected chi connectivity index (χ4v) is 1.28. The maximum atomic E-state index is 12.5. The van der Waals surface area contributed by atoms with Crippen molar-refractivity contribution in [1.29, 1.82) is 0 Å². The molecule has 0 unspecified atom stereocenters. The molecule has 0 bridgehead atoms. The number of nitrogens with zero attached hydrogens (tertiary/aromatic N) is 1. The molecule has 3 nitrogen and oxygen atoms in total. The van der Waals surface area contributed by atoms with E-state index in [-0.39, 0.29) is 5.56 Å². The van der Waals surface area contributed by atoms with Crippen molar-refractivity contribution in [3.63, 3.8) is 0 Å². The van der Waals surface area contributed by atoms with E-state index in [4.69, 9.17) is 0 Å². The van der Waals surface area contributed by atoms with Crippen molar-refractivity contribution >= 4 is 11.6 Å². The summed E-state index contributed by atoms with van der Waals surface area (Å²) in [5.74, 6) is -1.49. The van der Waals surface area contributed by atoms with E-state index in [0.717, 1.165) is 0 Å². The first-order valence-corrected chi connectivity index (χ1v) is 5.32. The second kappa shape index (κ2) is 5.66. The number of hydrogen-bond donors (Lipinski definition) is 1. The van der Waals surface area contributed by atoms with Crippen LogP contribution in [0.2, 0.25) is 0 Å². The van der Waals surface area contributed by atoms with Crippen LogP contribution >= 0.6 is 0 Å². The van der Waals surface area contributed by atoms with Crippen LogP contribution in [0, 0.1) is 5.92 Å². The van der Waals surface area contributed by atoms with Crippen LogP contribution in [0.3, 0.4) is 0 Å². The van der Waals surface area contributed by atoms with Crippen LogP contribution in [0.1, 0.15) is 24.2 Å². The number of nitrogens with one attached hydrogen (secondary N) is 1. The minimum absolute atomic E-state index is 0.256. The lowest BCUT2D eigenvalue weighted by atomic mass is 10.1.